The molecule has 1 unspecified atom stereocenters. The van der Waals surface area contributed by atoms with E-state index in [1.165, 1.54) is 4.31 Å². The number of aliphatic hydroxyl groups is 1. The first-order chi connectivity index (χ1) is 7.26. The summed E-state index contributed by atoms with van der Waals surface area (Å²) in [6.45, 7) is 6.25. The maximum atomic E-state index is 12.2. The molecule has 0 aromatic rings. The highest BCUT2D eigenvalue weighted by molar-refractivity contribution is 7.89. The molecule has 4 nitrogen and oxygen atoms in total. The van der Waals surface area contributed by atoms with Gasteiger partial charge in [-0.25, -0.2) is 8.42 Å². The average molecular weight is 249 g/mol. The van der Waals surface area contributed by atoms with E-state index in [0.717, 1.165) is 19.3 Å². The maximum absolute atomic E-state index is 12.2. The van der Waals surface area contributed by atoms with Crippen molar-refractivity contribution in [2.45, 2.75) is 46.1 Å². The van der Waals surface area contributed by atoms with E-state index in [-0.39, 0.29) is 23.8 Å². The fourth-order valence-electron chi connectivity index (χ4n) is 2.15. The molecule has 5 heteroatoms. The van der Waals surface area contributed by atoms with Gasteiger partial charge in [0.25, 0.3) is 0 Å². The summed E-state index contributed by atoms with van der Waals surface area (Å²) in [5, 5.41) is 9.22. The number of piperidine rings is 1. The third kappa shape index (κ3) is 3.71. The predicted molar refractivity (Wildman–Crippen MR) is 64.7 cm³/mol. The number of sulfonamides is 1. The molecule has 0 aromatic carbocycles. The Morgan fingerprint density at radius 2 is 1.94 bits per heavy atom. The van der Waals surface area contributed by atoms with E-state index in [2.05, 4.69) is 0 Å². The second-order valence-corrected chi connectivity index (χ2v) is 7.68. The Hall–Kier alpha value is -0.130. The summed E-state index contributed by atoms with van der Waals surface area (Å²) in [7, 11) is -3.23. The standard InChI is InChI=1S/C11H23NO3S/c1-11(2,3)9-16(14,15)12-7-5-4-6-10(12)8-13/h10,13H,4-9H2,1-3H3. The van der Waals surface area contributed by atoms with Crippen molar-refractivity contribution in [3.8, 4) is 0 Å². The summed E-state index contributed by atoms with van der Waals surface area (Å²) in [4.78, 5) is 0. The molecular formula is C11H23NO3S. The first-order valence-electron chi connectivity index (χ1n) is 5.87. The summed E-state index contributed by atoms with van der Waals surface area (Å²) >= 11 is 0. The molecule has 0 saturated carbocycles. The van der Waals surface area contributed by atoms with Gasteiger partial charge in [-0.15, -0.1) is 0 Å². The van der Waals surface area contributed by atoms with Crippen LogP contribution in [0, 0.1) is 5.41 Å². The van der Waals surface area contributed by atoms with Crippen LogP contribution < -0.4 is 0 Å². The van der Waals surface area contributed by atoms with Gasteiger partial charge in [0.05, 0.1) is 12.4 Å². The molecule has 0 aromatic heterocycles. The smallest absolute Gasteiger partial charge is 0.214 e. The molecule has 1 aliphatic heterocycles. The molecule has 1 saturated heterocycles. The Kier molecular flexibility index (Phi) is 4.37. The highest BCUT2D eigenvalue weighted by Crippen LogP contribution is 2.25. The van der Waals surface area contributed by atoms with Gasteiger partial charge < -0.3 is 5.11 Å². The topological polar surface area (TPSA) is 57.6 Å². The van der Waals surface area contributed by atoms with Gasteiger partial charge >= 0.3 is 0 Å². The van der Waals surface area contributed by atoms with Crippen LogP contribution in [-0.2, 0) is 10.0 Å². The molecule has 1 rings (SSSR count). The normalized spacial score (nSPS) is 24.6. The van der Waals surface area contributed by atoms with Crippen LogP contribution >= 0.6 is 0 Å². The predicted octanol–water partition coefficient (Wildman–Crippen LogP) is 1.21. The average Bonchev–Trinajstić information content (AvgIpc) is 2.14. The zero-order valence-corrected chi connectivity index (χ0v) is 11.3. The van der Waals surface area contributed by atoms with E-state index in [9.17, 15) is 13.5 Å². The number of nitrogens with zero attached hydrogens (tertiary/aromatic N) is 1. The highest BCUT2D eigenvalue weighted by atomic mass is 32.2. The molecule has 0 bridgehead atoms. The van der Waals surface area contributed by atoms with Gasteiger partial charge in [-0.05, 0) is 18.3 Å². The van der Waals surface area contributed by atoms with E-state index in [1.54, 1.807) is 0 Å². The van der Waals surface area contributed by atoms with Crippen molar-refractivity contribution < 1.29 is 13.5 Å². The van der Waals surface area contributed by atoms with Crippen LogP contribution in [0.25, 0.3) is 0 Å². The lowest BCUT2D eigenvalue weighted by atomic mass is 10.0. The van der Waals surface area contributed by atoms with E-state index in [1.807, 2.05) is 20.8 Å². The molecule has 0 aliphatic carbocycles. The van der Waals surface area contributed by atoms with Gasteiger partial charge in [-0.3, -0.25) is 0 Å². The third-order valence-electron chi connectivity index (χ3n) is 2.76. The van der Waals surface area contributed by atoms with Gasteiger partial charge in [0.15, 0.2) is 0 Å². The van der Waals surface area contributed by atoms with E-state index in [4.69, 9.17) is 0 Å². The number of rotatable bonds is 3. The van der Waals surface area contributed by atoms with Crippen molar-refractivity contribution >= 4 is 10.0 Å². The molecule has 1 atom stereocenters. The van der Waals surface area contributed by atoms with Gasteiger partial charge in [0.1, 0.15) is 0 Å². The molecule has 96 valence electrons. The monoisotopic (exact) mass is 249 g/mol. The molecule has 0 radical (unpaired) electrons. The van der Waals surface area contributed by atoms with Crippen molar-refractivity contribution in [2.24, 2.45) is 5.41 Å². The molecule has 1 aliphatic rings. The van der Waals surface area contributed by atoms with Crippen LogP contribution in [0.4, 0.5) is 0 Å². The largest absolute Gasteiger partial charge is 0.395 e. The van der Waals surface area contributed by atoms with Crippen LogP contribution in [-0.4, -0.2) is 42.8 Å². The van der Waals surface area contributed by atoms with Gasteiger partial charge in [0.2, 0.25) is 10.0 Å². The SMILES string of the molecule is CC(C)(C)CS(=O)(=O)N1CCCCC1CO. The number of aliphatic hydroxyl groups excluding tert-OH is 1. The van der Waals surface area contributed by atoms with Gasteiger partial charge in [-0.1, -0.05) is 27.2 Å². The first-order valence-corrected chi connectivity index (χ1v) is 7.47. The minimum atomic E-state index is -3.23. The quantitative estimate of drug-likeness (QED) is 0.818. The summed E-state index contributed by atoms with van der Waals surface area (Å²) in [6, 6.07) is -0.207. The Balaban J connectivity index is 2.80. The molecule has 1 fully saturated rings. The summed E-state index contributed by atoms with van der Waals surface area (Å²) in [6.07, 6.45) is 2.69. The number of hydrogen-bond acceptors (Lipinski definition) is 3. The lowest BCUT2D eigenvalue weighted by Crippen LogP contribution is -2.48. The van der Waals surface area contributed by atoms with E-state index >= 15 is 0 Å². The Bertz CT molecular complexity index is 319. The summed E-state index contributed by atoms with van der Waals surface area (Å²) in [5.41, 5.74) is -0.240. The van der Waals surface area contributed by atoms with Crippen LogP contribution in [0.1, 0.15) is 40.0 Å². The second kappa shape index (κ2) is 5.02. The molecule has 1 heterocycles. The Labute approximate surface area is 98.7 Å². The fourth-order valence-corrected chi connectivity index (χ4v) is 4.45. The second-order valence-electron chi connectivity index (χ2n) is 5.76. The lowest BCUT2D eigenvalue weighted by Gasteiger charge is -2.35. The van der Waals surface area contributed by atoms with Gasteiger partial charge in [0, 0.05) is 12.6 Å². The summed E-state index contributed by atoms with van der Waals surface area (Å²) < 4.78 is 25.9. The maximum Gasteiger partial charge on any atom is 0.214 e. The van der Waals surface area contributed by atoms with Crippen LogP contribution in [0.5, 0.6) is 0 Å². The Morgan fingerprint density at radius 3 is 2.44 bits per heavy atom. The van der Waals surface area contributed by atoms with Crippen molar-refractivity contribution in [2.75, 3.05) is 18.9 Å². The molecular weight excluding hydrogens is 226 g/mol. The first kappa shape index (κ1) is 13.9. The van der Waals surface area contributed by atoms with Crippen LogP contribution in [0.15, 0.2) is 0 Å². The van der Waals surface area contributed by atoms with Crippen molar-refractivity contribution in [1.29, 1.82) is 0 Å². The molecule has 1 N–H and O–H groups in total. The van der Waals surface area contributed by atoms with Crippen molar-refractivity contribution in [1.82, 2.24) is 4.31 Å². The minimum Gasteiger partial charge on any atom is -0.395 e. The lowest BCUT2D eigenvalue weighted by molar-refractivity contribution is 0.154. The minimum absolute atomic E-state index is 0.0661. The zero-order valence-electron chi connectivity index (χ0n) is 10.4. The molecule has 0 amide bonds. The van der Waals surface area contributed by atoms with Gasteiger partial charge in [-0.2, -0.15) is 4.31 Å². The Morgan fingerprint density at radius 1 is 1.31 bits per heavy atom. The summed E-state index contributed by atoms with van der Waals surface area (Å²) in [5.74, 6) is 0.149. The molecule has 16 heavy (non-hydrogen) atoms. The number of hydrogen-bond donors (Lipinski definition) is 1. The zero-order chi connectivity index (χ0) is 12.4. The van der Waals surface area contributed by atoms with Crippen LogP contribution in [0.3, 0.4) is 0 Å². The third-order valence-corrected chi connectivity index (χ3v) is 5.18. The molecule has 0 spiro atoms. The highest BCUT2D eigenvalue weighted by Gasteiger charge is 2.34. The van der Waals surface area contributed by atoms with E-state index in [0.29, 0.717) is 6.54 Å². The van der Waals surface area contributed by atoms with Crippen LogP contribution in [0.2, 0.25) is 0 Å². The van der Waals surface area contributed by atoms with Crippen molar-refractivity contribution in [3.05, 3.63) is 0 Å². The van der Waals surface area contributed by atoms with Crippen molar-refractivity contribution in [3.63, 3.8) is 0 Å². The fraction of sp³-hybridized carbons (Fsp3) is 1.00. The van der Waals surface area contributed by atoms with E-state index < -0.39 is 10.0 Å².